The van der Waals surface area contributed by atoms with Crippen LogP contribution < -0.4 is 4.74 Å². The smallest absolute Gasteiger partial charge is 0.177 e. The van der Waals surface area contributed by atoms with Crippen molar-refractivity contribution in [2.75, 3.05) is 6.61 Å². The third kappa shape index (κ3) is 2.51. The van der Waals surface area contributed by atoms with Gasteiger partial charge in [-0.3, -0.25) is 0 Å². The lowest BCUT2D eigenvalue weighted by atomic mass is 9.93. The van der Waals surface area contributed by atoms with Crippen molar-refractivity contribution in [3.63, 3.8) is 0 Å². The third-order valence-electron chi connectivity index (χ3n) is 3.48. The van der Waals surface area contributed by atoms with E-state index >= 15 is 0 Å². The van der Waals surface area contributed by atoms with Crippen LogP contribution in [0.2, 0.25) is 0 Å². The summed E-state index contributed by atoms with van der Waals surface area (Å²) >= 11 is 0. The molecule has 3 aromatic rings. The molecular formula is C18H20O2. The van der Waals surface area contributed by atoms with E-state index in [1.54, 1.807) is 0 Å². The molecule has 2 nitrogen and oxygen atoms in total. The molecule has 104 valence electrons. The van der Waals surface area contributed by atoms with E-state index in [1.807, 2.05) is 30.3 Å². The van der Waals surface area contributed by atoms with Crippen molar-refractivity contribution in [3.8, 4) is 5.75 Å². The largest absolute Gasteiger partial charge is 0.490 e. The van der Waals surface area contributed by atoms with Crippen molar-refractivity contribution in [1.29, 1.82) is 0 Å². The molecule has 0 amide bonds. The first-order valence-electron chi connectivity index (χ1n) is 7.08. The van der Waals surface area contributed by atoms with Crippen molar-refractivity contribution >= 4 is 21.9 Å². The Balaban J connectivity index is 1.95. The molecule has 2 aromatic carbocycles. The fraction of sp³-hybridized carbons (Fsp3) is 0.333. The van der Waals surface area contributed by atoms with E-state index in [-0.39, 0.29) is 5.41 Å². The Morgan fingerprint density at radius 3 is 2.50 bits per heavy atom. The Hall–Kier alpha value is -1.96. The zero-order valence-electron chi connectivity index (χ0n) is 12.3. The molecule has 0 aliphatic heterocycles. The lowest BCUT2D eigenvalue weighted by molar-refractivity contribution is 0.243. The highest BCUT2D eigenvalue weighted by Crippen LogP contribution is 2.34. The minimum atomic E-state index is 0.280. The average Bonchev–Trinajstić information content (AvgIpc) is 2.77. The van der Waals surface area contributed by atoms with E-state index in [9.17, 15) is 0 Å². The fourth-order valence-electron chi connectivity index (χ4n) is 2.30. The van der Waals surface area contributed by atoms with E-state index in [0.29, 0.717) is 6.61 Å². The number of hydrogen-bond donors (Lipinski definition) is 0. The zero-order valence-corrected chi connectivity index (χ0v) is 12.3. The van der Waals surface area contributed by atoms with Crippen molar-refractivity contribution in [3.05, 3.63) is 42.5 Å². The standard InChI is InChI=1S/C18H20O2/c1-18(2,3)11-12-19-16-10-6-8-14-13-7-4-5-9-15(13)20-17(14)16/h4-10H,11-12H2,1-3H3. The first-order valence-corrected chi connectivity index (χ1v) is 7.08. The molecule has 1 aromatic heterocycles. The summed E-state index contributed by atoms with van der Waals surface area (Å²) in [6.07, 6.45) is 1.02. The van der Waals surface area contributed by atoms with Crippen molar-refractivity contribution < 1.29 is 9.15 Å². The summed E-state index contributed by atoms with van der Waals surface area (Å²) in [6.45, 7) is 7.37. The number of furan rings is 1. The second-order valence-corrected chi connectivity index (χ2v) is 6.39. The Morgan fingerprint density at radius 1 is 0.950 bits per heavy atom. The second kappa shape index (κ2) is 4.86. The normalized spacial score (nSPS) is 12.2. The van der Waals surface area contributed by atoms with Gasteiger partial charge in [0.1, 0.15) is 5.58 Å². The SMILES string of the molecule is CC(C)(C)CCOc1cccc2c1oc1ccccc12. The van der Waals surface area contributed by atoms with Crippen LogP contribution in [0.25, 0.3) is 21.9 Å². The van der Waals surface area contributed by atoms with Crippen molar-refractivity contribution in [1.82, 2.24) is 0 Å². The maximum absolute atomic E-state index is 5.94. The number of benzene rings is 2. The van der Waals surface area contributed by atoms with Crippen molar-refractivity contribution in [2.45, 2.75) is 27.2 Å². The fourth-order valence-corrected chi connectivity index (χ4v) is 2.30. The van der Waals surface area contributed by atoms with Gasteiger partial charge >= 0.3 is 0 Å². The van der Waals surface area contributed by atoms with Gasteiger partial charge in [0, 0.05) is 10.8 Å². The van der Waals surface area contributed by atoms with E-state index in [2.05, 4.69) is 32.9 Å². The molecular weight excluding hydrogens is 248 g/mol. The third-order valence-corrected chi connectivity index (χ3v) is 3.48. The molecule has 0 aliphatic rings. The molecule has 0 radical (unpaired) electrons. The van der Waals surface area contributed by atoms with Gasteiger partial charge in [-0.2, -0.15) is 0 Å². The number of hydrogen-bond acceptors (Lipinski definition) is 2. The van der Waals surface area contributed by atoms with Crippen LogP contribution in [0.5, 0.6) is 5.75 Å². The van der Waals surface area contributed by atoms with Crippen LogP contribution >= 0.6 is 0 Å². The molecule has 0 spiro atoms. The number of rotatable bonds is 3. The first kappa shape index (κ1) is 13.0. The van der Waals surface area contributed by atoms with Crippen LogP contribution in [-0.4, -0.2) is 6.61 Å². The van der Waals surface area contributed by atoms with E-state index in [1.165, 1.54) is 0 Å². The highest BCUT2D eigenvalue weighted by molar-refractivity contribution is 6.06. The van der Waals surface area contributed by atoms with Gasteiger partial charge in [0.05, 0.1) is 6.61 Å². The van der Waals surface area contributed by atoms with Gasteiger partial charge < -0.3 is 9.15 Å². The molecule has 20 heavy (non-hydrogen) atoms. The molecule has 3 rings (SSSR count). The molecule has 0 aliphatic carbocycles. The summed E-state index contributed by atoms with van der Waals surface area (Å²) in [4.78, 5) is 0. The molecule has 0 saturated heterocycles. The molecule has 0 unspecified atom stereocenters. The predicted molar refractivity (Wildman–Crippen MR) is 83.3 cm³/mol. The van der Waals surface area contributed by atoms with Crippen molar-refractivity contribution in [2.24, 2.45) is 5.41 Å². The average molecular weight is 268 g/mol. The quantitative estimate of drug-likeness (QED) is 0.634. The van der Waals surface area contributed by atoms with Crippen LogP contribution in [0.4, 0.5) is 0 Å². The number of ether oxygens (including phenoxy) is 1. The second-order valence-electron chi connectivity index (χ2n) is 6.39. The highest BCUT2D eigenvalue weighted by atomic mass is 16.5. The Morgan fingerprint density at radius 2 is 1.70 bits per heavy atom. The van der Waals surface area contributed by atoms with Gasteiger partial charge in [-0.25, -0.2) is 0 Å². The lowest BCUT2D eigenvalue weighted by Gasteiger charge is -2.18. The van der Waals surface area contributed by atoms with Crippen LogP contribution in [0.15, 0.2) is 46.9 Å². The maximum Gasteiger partial charge on any atom is 0.177 e. The van der Waals surface area contributed by atoms with Crippen LogP contribution in [0.1, 0.15) is 27.2 Å². The first-order chi connectivity index (χ1) is 9.54. The van der Waals surface area contributed by atoms with E-state index < -0.39 is 0 Å². The number of fused-ring (bicyclic) bond motifs is 3. The summed E-state index contributed by atoms with van der Waals surface area (Å²) < 4.78 is 11.9. The number of para-hydroxylation sites is 2. The highest BCUT2D eigenvalue weighted by Gasteiger charge is 2.13. The minimum absolute atomic E-state index is 0.280. The van der Waals surface area contributed by atoms with Gasteiger partial charge in [0.25, 0.3) is 0 Å². The Bertz CT molecular complexity index is 732. The Kier molecular flexibility index (Phi) is 3.17. The zero-order chi connectivity index (χ0) is 14.2. The summed E-state index contributed by atoms with van der Waals surface area (Å²) in [6, 6.07) is 14.2. The van der Waals surface area contributed by atoms with E-state index in [4.69, 9.17) is 9.15 Å². The monoisotopic (exact) mass is 268 g/mol. The van der Waals surface area contributed by atoms with Gasteiger partial charge in [-0.1, -0.05) is 51.1 Å². The maximum atomic E-state index is 5.94. The molecule has 0 saturated carbocycles. The summed E-state index contributed by atoms with van der Waals surface area (Å²) in [5.74, 6) is 0.836. The molecule has 0 bridgehead atoms. The molecule has 0 atom stereocenters. The van der Waals surface area contributed by atoms with Crippen LogP contribution in [0, 0.1) is 5.41 Å². The van der Waals surface area contributed by atoms with Crippen LogP contribution in [0.3, 0.4) is 0 Å². The van der Waals surface area contributed by atoms with Crippen LogP contribution in [-0.2, 0) is 0 Å². The lowest BCUT2D eigenvalue weighted by Crippen LogP contribution is -2.11. The topological polar surface area (TPSA) is 22.4 Å². The molecule has 2 heteroatoms. The summed E-state index contributed by atoms with van der Waals surface area (Å²) in [5, 5.41) is 2.26. The van der Waals surface area contributed by atoms with Gasteiger partial charge in [-0.15, -0.1) is 0 Å². The Labute approximate surface area is 119 Å². The van der Waals surface area contributed by atoms with E-state index in [0.717, 1.165) is 34.1 Å². The summed E-state index contributed by atoms with van der Waals surface area (Å²) in [5.41, 5.74) is 2.04. The minimum Gasteiger partial charge on any atom is -0.490 e. The van der Waals surface area contributed by atoms with Gasteiger partial charge in [0.2, 0.25) is 0 Å². The molecule has 1 heterocycles. The van der Waals surface area contributed by atoms with Gasteiger partial charge in [0.15, 0.2) is 11.3 Å². The summed E-state index contributed by atoms with van der Waals surface area (Å²) in [7, 11) is 0. The predicted octanol–water partition coefficient (Wildman–Crippen LogP) is 5.40. The van der Waals surface area contributed by atoms with Gasteiger partial charge in [-0.05, 0) is 24.0 Å². The molecule has 0 N–H and O–H groups in total. The molecule has 0 fully saturated rings.